The number of halogens is 1. The monoisotopic (exact) mass is 254 g/mol. The molecule has 1 aromatic heterocycles. The van der Waals surface area contributed by atoms with Crippen molar-refractivity contribution in [1.29, 1.82) is 0 Å². The van der Waals surface area contributed by atoms with Gasteiger partial charge in [-0.15, -0.1) is 11.3 Å². The molecule has 0 aliphatic rings. The number of hydrogen-bond acceptors (Lipinski definition) is 3. The van der Waals surface area contributed by atoms with Crippen molar-refractivity contribution in [2.75, 3.05) is 7.11 Å². The molecule has 1 aromatic carbocycles. The summed E-state index contributed by atoms with van der Waals surface area (Å²) in [4.78, 5) is 0.810. The third-order valence-corrected chi connectivity index (χ3v) is 3.51. The van der Waals surface area contributed by atoms with E-state index in [1.165, 1.54) is 11.3 Å². The Bertz CT molecular complexity index is 464. The molecule has 0 amide bonds. The molecule has 2 rings (SSSR count). The molecule has 0 spiro atoms. The van der Waals surface area contributed by atoms with E-state index in [9.17, 15) is 5.11 Å². The van der Waals surface area contributed by atoms with E-state index in [-0.39, 0.29) is 0 Å². The van der Waals surface area contributed by atoms with Crippen LogP contribution in [0.1, 0.15) is 16.5 Å². The van der Waals surface area contributed by atoms with Gasteiger partial charge in [0.2, 0.25) is 0 Å². The Morgan fingerprint density at radius 2 is 1.94 bits per heavy atom. The van der Waals surface area contributed by atoms with Gasteiger partial charge in [0.25, 0.3) is 0 Å². The predicted molar refractivity (Wildman–Crippen MR) is 66.4 cm³/mol. The van der Waals surface area contributed by atoms with Gasteiger partial charge in [-0.05, 0) is 29.1 Å². The van der Waals surface area contributed by atoms with Crippen LogP contribution in [0, 0.1) is 0 Å². The molecule has 0 saturated heterocycles. The molecule has 0 saturated carbocycles. The lowest BCUT2D eigenvalue weighted by molar-refractivity contribution is 0.219. The molecule has 4 heteroatoms. The van der Waals surface area contributed by atoms with Crippen LogP contribution in [0.4, 0.5) is 0 Å². The second-order valence-electron chi connectivity index (χ2n) is 3.31. The number of benzene rings is 1. The van der Waals surface area contributed by atoms with Crippen LogP contribution in [-0.2, 0) is 0 Å². The van der Waals surface area contributed by atoms with E-state index in [0.717, 1.165) is 10.4 Å². The molecule has 0 fully saturated rings. The Kier molecular flexibility index (Phi) is 3.49. The fraction of sp³-hybridized carbons (Fsp3) is 0.167. The highest BCUT2D eigenvalue weighted by Gasteiger charge is 2.16. The van der Waals surface area contributed by atoms with Crippen molar-refractivity contribution in [1.82, 2.24) is 0 Å². The van der Waals surface area contributed by atoms with Crippen molar-refractivity contribution in [2.24, 2.45) is 0 Å². The van der Waals surface area contributed by atoms with Crippen molar-refractivity contribution >= 4 is 22.9 Å². The van der Waals surface area contributed by atoms with E-state index >= 15 is 0 Å². The van der Waals surface area contributed by atoms with Gasteiger partial charge in [0, 0.05) is 5.02 Å². The first-order valence-corrected chi connectivity index (χ1v) is 6.03. The molecule has 1 unspecified atom stereocenters. The molecule has 84 valence electrons. The average Bonchev–Trinajstić information content (AvgIpc) is 2.77. The minimum absolute atomic E-state index is 0.660. The van der Waals surface area contributed by atoms with E-state index in [2.05, 4.69) is 0 Å². The Morgan fingerprint density at radius 1 is 1.25 bits per heavy atom. The second kappa shape index (κ2) is 4.87. The van der Waals surface area contributed by atoms with Crippen LogP contribution in [-0.4, -0.2) is 12.2 Å². The number of thiophene rings is 1. The van der Waals surface area contributed by atoms with Gasteiger partial charge in [-0.3, -0.25) is 0 Å². The number of ether oxygens (including phenoxy) is 1. The average molecular weight is 255 g/mol. The standard InChI is InChI=1S/C12H11ClO2S/c1-15-10-6-7-16-12(10)11(14)8-2-4-9(13)5-3-8/h2-7,11,14H,1H3. The van der Waals surface area contributed by atoms with Gasteiger partial charge in [-0.25, -0.2) is 0 Å². The number of methoxy groups -OCH3 is 1. The van der Waals surface area contributed by atoms with Crippen LogP contribution in [0.25, 0.3) is 0 Å². The van der Waals surface area contributed by atoms with Gasteiger partial charge in [0.15, 0.2) is 0 Å². The second-order valence-corrected chi connectivity index (χ2v) is 4.69. The summed E-state index contributed by atoms with van der Waals surface area (Å²) in [5.41, 5.74) is 0.810. The molecule has 2 nitrogen and oxygen atoms in total. The number of rotatable bonds is 3. The summed E-state index contributed by atoms with van der Waals surface area (Å²) < 4.78 is 5.18. The third-order valence-electron chi connectivity index (χ3n) is 2.31. The molecule has 16 heavy (non-hydrogen) atoms. The van der Waals surface area contributed by atoms with Crippen molar-refractivity contribution in [3.8, 4) is 5.75 Å². The molecular formula is C12H11ClO2S. The van der Waals surface area contributed by atoms with Gasteiger partial charge < -0.3 is 9.84 Å². The first kappa shape index (κ1) is 11.5. The summed E-state index contributed by atoms with van der Waals surface area (Å²) in [6, 6.07) is 9.00. The van der Waals surface area contributed by atoms with Gasteiger partial charge in [0.1, 0.15) is 11.9 Å². The lowest BCUT2D eigenvalue weighted by Crippen LogP contribution is -1.98. The molecular weight excluding hydrogens is 244 g/mol. The maximum absolute atomic E-state index is 10.2. The van der Waals surface area contributed by atoms with Gasteiger partial charge in [-0.2, -0.15) is 0 Å². The zero-order chi connectivity index (χ0) is 11.5. The fourth-order valence-electron chi connectivity index (χ4n) is 1.47. The fourth-order valence-corrected chi connectivity index (χ4v) is 2.47. The normalized spacial score (nSPS) is 12.4. The summed E-state index contributed by atoms with van der Waals surface area (Å²) in [7, 11) is 1.60. The van der Waals surface area contributed by atoms with Crippen LogP contribution < -0.4 is 4.74 Å². The SMILES string of the molecule is COc1ccsc1C(O)c1ccc(Cl)cc1. The Balaban J connectivity index is 2.31. The summed E-state index contributed by atoms with van der Waals surface area (Å²) in [5, 5.41) is 12.7. The van der Waals surface area contributed by atoms with Crippen molar-refractivity contribution in [2.45, 2.75) is 6.10 Å². The van der Waals surface area contributed by atoms with Crippen LogP contribution in [0.2, 0.25) is 5.02 Å². The van der Waals surface area contributed by atoms with Crippen LogP contribution in [0.3, 0.4) is 0 Å². The Labute approximate surface area is 103 Å². The van der Waals surface area contributed by atoms with E-state index < -0.39 is 6.10 Å². The Morgan fingerprint density at radius 3 is 2.56 bits per heavy atom. The minimum atomic E-state index is -0.660. The summed E-state index contributed by atoms with van der Waals surface area (Å²) >= 11 is 7.27. The zero-order valence-electron chi connectivity index (χ0n) is 8.68. The van der Waals surface area contributed by atoms with E-state index in [4.69, 9.17) is 16.3 Å². The summed E-state index contributed by atoms with van der Waals surface area (Å²) in [5.74, 6) is 0.715. The largest absolute Gasteiger partial charge is 0.495 e. The van der Waals surface area contributed by atoms with Crippen LogP contribution in [0.15, 0.2) is 35.7 Å². The highest BCUT2D eigenvalue weighted by atomic mass is 35.5. The van der Waals surface area contributed by atoms with Crippen molar-refractivity contribution in [3.63, 3.8) is 0 Å². The van der Waals surface area contributed by atoms with E-state index in [0.29, 0.717) is 10.8 Å². The first-order chi connectivity index (χ1) is 7.72. The highest BCUT2D eigenvalue weighted by molar-refractivity contribution is 7.10. The van der Waals surface area contributed by atoms with Crippen molar-refractivity contribution < 1.29 is 9.84 Å². The zero-order valence-corrected chi connectivity index (χ0v) is 10.3. The van der Waals surface area contributed by atoms with Gasteiger partial charge in [-0.1, -0.05) is 23.7 Å². The lowest BCUT2D eigenvalue weighted by atomic mass is 10.1. The Hall–Kier alpha value is -1.03. The van der Waals surface area contributed by atoms with E-state index in [1.54, 1.807) is 19.2 Å². The molecule has 0 radical (unpaired) electrons. The molecule has 1 N–H and O–H groups in total. The van der Waals surface area contributed by atoms with Crippen LogP contribution in [0.5, 0.6) is 5.75 Å². The first-order valence-electron chi connectivity index (χ1n) is 4.77. The van der Waals surface area contributed by atoms with Gasteiger partial charge in [0.05, 0.1) is 12.0 Å². The smallest absolute Gasteiger partial charge is 0.135 e. The molecule has 1 atom stereocenters. The maximum Gasteiger partial charge on any atom is 0.135 e. The minimum Gasteiger partial charge on any atom is -0.495 e. The van der Waals surface area contributed by atoms with Crippen LogP contribution >= 0.6 is 22.9 Å². The molecule has 0 aliphatic heterocycles. The highest BCUT2D eigenvalue weighted by Crippen LogP contribution is 2.34. The number of aliphatic hydroxyl groups excluding tert-OH is 1. The maximum atomic E-state index is 10.2. The summed E-state index contributed by atoms with van der Waals surface area (Å²) in [6.07, 6.45) is -0.660. The number of aliphatic hydroxyl groups is 1. The lowest BCUT2D eigenvalue weighted by Gasteiger charge is -2.11. The topological polar surface area (TPSA) is 29.5 Å². The number of hydrogen-bond donors (Lipinski definition) is 1. The van der Waals surface area contributed by atoms with E-state index in [1.807, 2.05) is 23.6 Å². The van der Waals surface area contributed by atoms with Gasteiger partial charge >= 0.3 is 0 Å². The summed E-state index contributed by atoms with van der Waals surface area (Å²) in [6.45, 7) is 0. The molecule has 0 aliphatic carbocycles. The molecule has 2 aromatic rings. The molecule has 1 heterocycles. The quantitative estimate of drug-likeness (QED) is 0.909. The molecule has 0 bridgehead atoms. The predicted octanol–water partition coefficient (Wildman–Crippen LogP) is 3.49. The third kappa shape index (κ3) is 2.21. The van der Waals surface area contributed by atoms with Crippen molar-refractivity contribution in [3.05, 3.63) is 51.2 Å².